The molecule has 4 aromatic rings. The first kappa shape index (κ1) is 29.5. The van der Waals surface area contributed by atoms with Gasteiger partial charge in [0.05, 0.1) is 11.4 Å². The molecule has 0 fully saturated rings. The highest BCUT2D eigenvalue weighted by atomic mass is 16.3. The van der Waals surface area contributed by atoms with E-state index in [4.69, 9.17) is 0 Å². The highest BCUT2D eigenvalue weighted by Gasteiger charge is 2.31. The minimum absolute atomic E-state index is 0.195. The molecular formula is C32H24N12O4. The summed E-state index contributed by atoms with van der Waals surface area (Å²) in [6.45, 7) is 0. The van der Waals surface area contributed by atoms with Crippen LogP contribution in [0.4, 0.5) is 34.1 Å². The quantitative estimate of drug-likeness (QED) is 0.119. The summed E-state index contributed by atoms with van der Waals surface area (Å²) in [6, 6.07) is 18.3. The molecule has 0 bridgehead atoms. The van der Waals surface area contributed by atoms with Gasteiger partial charge in [-0.25, -0.2) is 0 Å². The van der Waals surface area contributed by atoms with Crippen LogP contribution in [0.5, 0.6) is 0 Å². The normalized spacial score (nSPS) is 17.7. The molecule has 0 spiro atoms. The van der Waals surface area contributed by atoms with Crippen molar-refractivity contribution in [2.24, 2.45) is 20.5 Å². The second-order valence-electron chi connectivity index (χ2n) is 10.3. The Hall–Kier alpha value is -7.20. The van der Waals surface area contributed by atoms with Crippen molar-refractivity contribution in [3.8, 4) is 0 Å². The van der Waals surface area contributed by atoms with Crippen LogP contribution in [0, 0.1) is 0 Å². The Morgan fingerprint density at radius 3 is 1.54 bits per heavy atom. The number of aliphatic hydroxyl groups excluding tert-OH is 2. The molecule has 0 amide bonds. The maximum atomic E-state index is 11.6. The van der Waals surface area contributed by atoms with Gasteiger partial charge in [-0.05, 0) is 53.8 Å². The third-order valence-corrected chi connectivity index (χ3v) is 6.96. The standard InChI is InChI=1S/C32H24N12O4/c45-23-13-11-19(25(47)15-23)17-33-43-39-29-27(37-35-21-7-3-1-4-8-21)30-32(28(31(29)41-43)38-36-22-9-5-2-6-10-22)42-44(40-30)34-18-20-12-14-24(46)16-26(20)48/h1-18,33-34,39,41,47-48H/b19-17-,20-18-,37-35?,38-36?. The van der Waals surface area contributed by atoms with Gasteiger partial charge in [0.15, 0.2) is 11.6 Å². The van der Waals surface area contributed by atoms with E-state index in [-0.39, 0.29) is 23.1 Å². The van der Waals surface area contributed by atoms with Crippen molar-refractivity contribution < 1.29 is 19.8 Å². The number of hydrogen-bond acceptors (Lipinski definition) is 15. The van der Waals surface area contributed by atoms with Crippen LogP contribution < -0.4 is 21.7 Å². The first-order valence-electron chi connectivity index (χ1n) is 14.3. The van der Waals surface area contributed by atoms with Crippen LogP contribution in [0.25, 0.3) is 11.0 Å². The lowest BCUT2D eigenvalue weighted by Crippen LogP contribution is -2.39. The summed E-state index contributed by atoms with van der Waals surface area (Å²) in [4.78, 5) is 24.4. The zero-order chi connectivity index (χ0) is 33.0. The van der Waals surface area contributed by atoms with E-state index in [0.29, 0.717) is 56.3 Å². The molecule has 6 N–H and O–H groups in total. The molecule has 7 rings (SSSR count). The second kappa shape index (κ2) is 12.7. The number of benzene rings is 3. The monoisotopic (exact) mass is 640 g/mol. The molecule has 16 nitrogen and oxygen atoms in total. The highest BCUT2D eigenvalue weighted by molar-refractivity contribution is 6.09. The Balaban J connectivity index is 1.33. The third-order valence-electron chi connectivity index (χ3n) is 6.96. The molecule has 0 saturated heterocycles. The summed E-state index contributed by atoms with van der Waals surface area (Å²) in [5, 5.41) is 48.9. The van der Waals surface area contributed by atoms with E-state index in [1.807, 2.05) is 36.4 Å². The maximum absolute atomic E-state index is 11.6. The summed E-state index contributed by atoms with van der Waals surface area (Å²) in [5.41, 5.74) is 16.1. The Kier molecular flexibility index (Phi) is 7.78. The van der Waals surface area contributed by atoms with Gasteiger partial charge in [0.1, 0.15) is 45.3 Å². The number of rotatable bonds is 8. The average molecular weight is 641 g/mol. The lowest BCUT2D eigenvalue weighted by atomic mass is 10.1. The summed E-state index contributed by atoms with van der Waals surface area (Å²) in [7, 11) is 0. The Labute approximate surface area is 271 Å². The van der Waals surface area contributed by atoms with Crippen molar-refractivity contribution >= 4 is 56.7 Å². The van der Waals surface area contributed by atoms with E-state index in [0.717, 1.165) is 12.2 Å². The van der Waals surface area contributed by atoms with Gasteiger partial charge < -0.3 is 10.2 Å². The third kappa shape index (κ3) is 6.17. The van der Waals surface area contributed by atoms with Gasteiger partial charge >= 0.3 is 0 Å². The van der Waals surface area contributed by atoms with E-state index in [2.05, 4.69) is 52.4 Å². The molecule has 0 atom stereocenters. The molecule has 1 aliphatic heterocycles. The Bertz CT molecular complexity index is 2100. The first-order valence-corrected chi connectivity index (χ1v) is 14.3. The van der Waals surface area contributed by atoms with Crippen molar-refractivity contribution in [3.05, 3.63) is 132 Å². The second-order valence-corrected chi connectivity index (χ2v) is 10.3. The van der Waals surface area contributed by atoms with Crippen molar-refractivity contribution in [3.63, 3.8) is 0 Å². The molecule has 2 heterocycles. The van der Waals surface area contributed by atoms with Crippen LogP contribution in [0.3, 0.4) is 0 Å². The number of carbonyl (C=O) groups excluding carboxylic acids is 2. The number of hydrogen-bond donors (Lipinski definition) is 6. The fourth-order valence-electron chi connectivity index (χ4n) is 4.64. The minimum Gasteiger partial charge on any atom is -0.507 e. The van der Waals surface area contributed by atoms with Gasteiger partial charge in [0, 0.05) is 35.7 Å². The SMILES string of the molecule is O=C1C=C/C(=C/NN2Nc3c(c(N=Nc4ccccc4)c4nn(N/C=C5/C=CC(=O)C=C5O)nc4c3N=Nc3ccccc3)N2)C(O)=C1. The number of carbonyl (C=O) groups is 2. The molecule has 1 aromatic heterocycles. The Morgan fingerprint density at radius 1 is 0.625 bits per heavy atom. The van der Waals surface area contributed by atoms with Crippen LogP contribution >= 0.6 is 0 Å². The smallest absolute Gasteiger partial charge is 0.182 e. The fraction of sp³-hybridized carbons (Fsp3) is 0. The lowest BCUT2D eigenvalue weighted by Gasteiger charge is -2.17. The fourth-order valence-corrected chi connectivity index (χ4v) is 4.64. The van der Waals surface area contributed by atoms with E-state index < -0.39 is 0 Å². The van der Waals surface area contributed by atoms with Crippen LogP contribution in [0.15, 0.2) is 153 Å². The molecular weight excluding hydrogens is 616 g/mol. The number of azo groups is 2. The van der Waals surface area contributed by atoms with E-state index in [9.17, 15) is 19.8 Å². The minimum atomic E-state index is -0.331. The molecule has 0 radical (unpaired) electrons. The van der Waals surface area contributed by atoms with Crippen molar-refractivity contribution in [2.45, 2.75) is 0 Å². The van der Waals surface area contributed by atoms with Crippen LogP contribution in [0.2, 0.25) is 0 Å². The summed E-state index contributed by atoms with van der Waals surface area (Å²) in [5.74, 6) is -1.06. The number of ketones is 2. The van der Waals surface area contributed by atoms with Crippen LogP contribution in [-0.2, 0) is 9.59 Å². The number of aliphatic hydroxyl groups is 2. The van der Waals surface area contributed by atoms with Crippen LogP contribution in [-0.4, -0.2) is 42.1 Å². The van der Waals surface area contributed by atoms with Gasteiger partial charge in [-0.1, -0.05) is 41.3 Å². The molecule has 16 heteroatoms. The predicted octanol–water partition coefficient (Wildman–Crippen LogP) is 6.21. The zero-order valence-corrected chi connectivity index (χ0v) is 24.7. The Morgan fingerprint density at radius 2 is 1.08 bits per heavy atom. The topological polar surface area (TPSA) is 206 Å². The van der Waals surface area contributed by atoms with E-state index >= 15 is 0 Å². The molecule has 0 unspecified atom stereocenters. The average Bonchev–Trinajstić information content (AvgIpc) is 3.71. The molecule has 48 heavy (non-hydrogen) atoms. The largest absolute Gasteiger partial charge is 0.507 e. The van der Waals surface area contributed by atoms with Crippen molar-refractivity contribution in [2.75, 3.05) is 16.3 Å². The summed E-state index contributed by atoms with van der Waals surface area (Å²) >= 11 is 0. The molecule has 236 valence electrons. The number of hydrazine groups is 3. The molecule has 0 saturated carbocycles. The number of nitrogens with zero attached hydrogens (tertiary/aromatic N) is 8. The summed E-state index contributed by atoms with van der Waals surface area (Å²) in [6.07, 6.45) is 10.7. The van der Waals surface area contributed by atoms with Gasteiger partial charge in [0.2, 0.25) is 0 Å². The number of anilines is 2. The van der Waals surface area contributed by atoms with Crippen molar-refractivity contribution in [1.29, 1.82) is 0 Å². The maximum Gasteiger partial charge on any atom is 0.182 e. The van der Waals surface area contributed by atoms with E-state index in [1.165, 1.54) is 46.8 Å². The van der Waals surface area contributed by atoms with E-state index in [1.54, 1.807) is 24.3 Å². The molecule has 3 aromatic carbocycles. The number of nitrogens with one attached hydrogen (secondary N) is 4. The number of aromatic nitrogens is 3. The van der Waals surface area contributed by atoms with Gasteiger partial charge in [0.25, 0.3) is 0 Å². The highest BCUT2D eigenvalue weighted by Crippen LogP contribution is 2.50. The van der Waals surface area contributed by atoms with Gasteiger partial charge in [-0.2, -0.15) is 10.2 Å². The summed E-state index contributed by atoms with van der Waals surface area (Å²) < 4.78 is 0. The van der Waals surface area contributed by atoms with Gasteiger partial charge in [-0.15, -0.1) is 20.4 Å². The number of allylic oxidation sites excluding steroid dienone is 6. The molecule has 3 aliphatic rings. The number of fused-ring (bicyclic) bond motifs is 2. The predicted molar refractivity (Wildman–Crippen MR) is 176 cm³/mol. The lowest BCUT2D eigenvalue weighted by molar-refractivity contribution is -0.111. The first-order chi connectivity index (χ1) is 23.4. The van der Waals surface area contributed by atoms with Crippen molar-refractivity contribution in [1.82, 2.24) is 25.8 Å². The van der Waals surface area contributed by atoms with Gasteiger partial charge in [-0.3, -0.25) is 31.3 Å². The van der Waals surface area contributed by atoms with Crippen LogP contribution in [0.1, 0.15) is 0 Å². The molecule has 2 aliphatic carbocycles. The zero-order valence-electron chi connectivity index (χ0n) is 24.7.